The second-order valence-corrected chi connectivity index (χ2v) is 7.42. The fraction of sp³-hybridized carbons (Fsp3) is 0. The van der Waals surface area contributed by atoms with E-state index in [2.05, 4.69) is 5.32 Å². The minimum atomic E-state index is -0.709. The van der Waals surface area contributed by atoms with Crippen molar-refractivity contribution in [1.82, 2.24) is 0 Å². The Balaban J connectivity index is 1.47. The van der Waals surface area contributed by atoms with Gasteiger partial charge in [-0.1, -0.05) is 54.6 Å². The predicted octanol–water partition coefficient (Wildman–Crippen LogP) is 5.51. The van der Waals surface area contributed by atoms with Crippen LogP contribution in [0.15, 0.2) is 96.6 Å². The number of ether oxygens (including phenoxy) is 1. The lowest BCUT2D eigenvalue weighted by Gasteiger charge is -2.08. The van der Waals surface area contributed by atoms with Crippen LogP contribution in [0.1, 0.15) is 15.9 Å². The summed E-state index contributed by atoms with van der Waals surface area (Å²) in [6, 6.07) is 26.5. The fourth-order valence-corrected chi connectivity index (χ4v) is 3.41. The van der Waals surface area contributed by atoms with Crippen molar-refractivity contribution in [2.24, 2.45) is 0 Å². The summed E-state index contributed by atoms with van der Waals surface area (Å²) in [7, 11) is 0. The largest absolute Gasteiger partial charge is 0.423 e. The molecule has 0 radical (unpaired) electrons. The van der Waals surface area contributed by atoms with Crippen molar-refractivity contribution in [3.63, 3.8) is 0 Å². The molecule has 4 aromatic carbocycles. The Bertz CT molecular complexity index is 1510. The van der Waals surface area contributed by atoms with Crippen LogP contribution in [0, 0.1) is 21.4 Å². The molecule has 1 amide bonds. The summed E-state index contributed by atoms with van der Waals surface area (Å²) in [5, 5.41) is 24.5. The Labute approximate surface area is 199 Å². The van der Waals surface area contributed by atoms with E-state index in [1.54, 1.807) is 36.4 Å². The lowest BCUT2D eigenvalue weighted by Crippen LogP contribution is -2.13. The average molecular weight is 463 g/mol. The number of nitrogens with zero attached hydrogens (tertiary/aromatic N) is 2. The van der Waals surface area contributed by atoms with E-state index in [1.807, 2.05) is 36.4 Å². The van der Waals surface area contributed by atoms with Crippen molar-refractivity contribution in [3.8, 4) is 11.8 Å². The van der Waals surface area contributed by atoms with Crippen LogP contribution in [-0.4, -0.2) is 16.8 Å². The number of nitro benzene ring substituents is 1. The summed E-state index contributed by atoms with van der Waals surface area (Å²) in [6.45, 7) is 0. The summed E-state index contributed by atoms with van der Waals surface area (Å²) in [4.78, 5) is 35.5. The van der Waals surface area contributed by atoms with E-state index in [0.717, 1.165) is 10.8 Å². The number of fused-ring (bicyclic) bond motifs is 1. The molecule has 0 atom stereocenters. The third-order valence-electron chi connectivity index (χ3n) is 5.09. The van der Waals surface area contributed by atoms with Gasteiger partial charge in [0.05, 0.1) is 10.5 Å². The van der Waals surface area contributed by atoms with Crippen LogP contribution >= 0.6 is 0 Å². The van der Waals surface area contributed by atoms with Gasteiger partial charge in [0.2, 0.25) is 0 Å². The van der Waals surface area contributed by atoms with Gasteiger partial charge in [-0.25, -0.2) is 4.79 Å². The fourth-order valence-electron chi connectivity index (χ4n) is 3.41. The highest BCUT2D eigenvalue weighted by Crippen LogP contribution is 2.22. The molecule has 0 unspecified atom stereocenters. The van der Waals surface area contributed by atoms with Crippen LogP contribution in [-0.2, 0) is 4.79 Å². The van der Waals surface area contributed by atoms with Gasteiger partial charge in [-0.3, -0.25) is 14.9 Å². The number of hydrogen-bond donors (Lipinski definition) is 1. The number of rotatable bonds is 6. The Kier molecular flexibility index (Phi) is 6.61. The molecule has 1 N–H and O–H groups in total. The molecule has 4 aromatic rings. The van der Waals surface area contributed by atoms with Crippen molar-refractivity contribution in [2.75, 3.05) is 5.32 Å². The zero-order chi connectivity index (χ0) is 24.8. The van der Waals surface area contributed by atoms with E-state index in [1.165, 1.54) is 30.3 Å². The number of anilines is 1. The summed E-state index contributed by atoms with van der Waals surface area (Å²) in [5.41, 5.74) is 0.786. The molecular weight excluding hydrogens is 446 g/mol. The first-order valence-corrected chi connectivity index (χ1v) is 10.4. The Hall–Kier alpha value is -5.29. The molecule has 0 aliphatic carbocycles. The number of hydrogen-bond acceptors (Lipinski definition) is 6. The zero-order valence-corrected chi connectivity index (χ0v) is 18.2. The number of amides is 1. The lowest BCUT2D eigenvalue weighted by molar-refractivity contribution is -0.384. The lowest BCUT2D eigenvalue weighted by atomic mass is 10.0. The van der Waals surface area contributed by atoms with Crippen molar-refractivity contribution in [1.29, 1.82) is 5.26 Å². The predicted molar refractivity (Wildman–Crippen MR) is 131 cm³/mol. The van der Waals surface area contributed by atoms with Gasteiger partial charge in [-0.2, -0.15) is 5.26 Å². The minimum Gasteiger partial charge on any atom is -0.423 e. The zero-order valence-electron chi connectivity index (χ0n) is 18.2. The minimum absolute atomic E-state index is 0.182. The molecule has 170 valence electrons. The Morgan fingerprint density at radius 3 is 2.40 bits per heavy atom. The smallest absolute Gasteiger partial charge is 0.344 e. The highest BCUT2D eigenvalue weighted by molar-refractivity contribution is 6.09. The van der Waals surface area contributed by atoms with Crippen LogP contribution in [0.4, 0.5) is 11.4 Å². The van der Waals surface area contributed by atoms with E-state index in [9.17, 15) is 25.0 Å². The van der Waals surface area contributed by atoms with Gasteiger partial charge in [0.15, 0.2) is 0 Å². The first kappa shape index (κ1) is 22.9. The quantitative estimate of drug-likeness (QED) is 0.100. The monoisotopic (exact) mass is 463 g/mol. The van der Waals surface area contributed by atoms with Crippen LogP contribution in [0.2, 0.25) is 0 Å². The standard InChI is InChI=1S/C27H17N3O5/c28-17-20(26(31)29-21-7-4-8-22(16-21)30(33)34)15-18-11-13-23(14-12-18)35-27(32)25-10-3-6-19-5-1-2-9-24(19)25/h1-16H,(H,29,31)/b20-15+. The normalized spacial score (nSPS) is 10.9. The SMILES string of the molecule is N#C/C(=C\c1ccc(OC(=O)c2cccc3ccccc23)cc1)C(=O)Nc1cccc([N+](=O)[O-])c1. The molecule has 0 saturated heterocycles. The summed E-state index contributed by atoms with van der Waals surface area (Å²) in [6.07, 6.45) is 1.36. The third-order valence-corrected chi connectivity index (χ3v) is 5.09. The molecule has 0 heterocycles. The molecule has 35 heavy (non-hydrogen) atoms. The van der Waals surface area contributed by atoms with Crippen LogP contribution < -0.4 is 10.1 Å². The molecule has 0 bridgehead atoms. The second kappa shape index (κ2) is 10.1. The number of nitrogens with one attached hydrogen (secondary N) is 1. The summed E-state index contributed by atoms with van der Waals surface area (Å²) < 4.78 is 5.49. The topological polar surface area (TPSA) is 122 Å². The molecular formula is C27H17N3O5. The molecule has 0 saturated carbocycles. The maximum absolute atomic E-state index is 12.7. The molecule has 8 heteroatoms. The first-order chi connectivity index (χ1) is 16.9. The molecule has 8 nitrogen and oxygen atoms in total. The number of non-ortho nitro benzene ring substituents is 1. The summed E-state index contributed by atoms with van der Waals surface area (Å²) in [5.74, 6) is -0.904. The van der Waals surface area contributed by atoms with E-state index in [0.29, 0.717) is 16.9 Å². The maximum atomic E-state index is 12.7. The van der Waals surface area contributed by atoms with Gasteiger partial charge < -0.3 is 10.1 Å². The van der Waals surface area contributed by atoms with E-state index in [-0.39, 0.29) is 16.9 Å². The molecule has 4 rings (SSSR count). The maximum Gasteiger partial charge on any atom is 0.344 e. The Morgan fingerprint density at radius 2 is 1.66 bits per heavy atom. The van der Waals surface area contributed by atoms with Gasteiger partial charge in [0.1, 0.15) is 17.4 Å². The number of carbonyl (C=O) groups excluding carboxylic acids is 2. The molecule has 0 spiro atoms. The number of esters is 1. The van der Waals surface area contributed by atoms with Crippen molar-refractivity contribution in [3.05, 3.63) is 118 Å². The molecule has 0 fully saturated rings. The molecule has 0 aliphatic heterocycles. The van der Waals surface area contributed by atoms with Crippen molar-refractivity contribution in [2.45, 2.75) is 0 Å². The summed E-state index contributed by atoms with van der Waals surface area (Å²) >= 11 is 0. The van der Waals surface area contributed by atoms with Gasteiger partial charge >= 0.3 is 5.97 Å². The number of nitriles is 1. The average Bonchev–Trinajstić information content (AvgIpc) is 2.88. The van der Waals surface area contributed by atoms with Gasteiger partial charge in [0, 0.05) is 17.8 Å². The van der Waals surface area contributed by atoms with E-state index in [4.69, 9.17) is 4.74 Å². The third kappa shape index (κ3) is 5.38. The highest BCUT2D eigenvalue weighted by Gasteiger charge is 2.14. The number of nitro groups is 1. The van der Waals surface area contributed by atoms with E-state index >= 15 is 0 Å². The van der Waals surface area contributed by atoms with Crippen molar-refractivity contribution < 1.29 is 19.2 Å². The highest BCUT2D eigenvalue weighted by atomic mass is 16.6. The number of carbonyl (C=O) groups is 2. The van der Waals surface area contributed by atoms with Crippen LogP contribution in [0.3, 0.4) is 0 Å². The second-order valence-electron chi connectivity index (χ2n) is 7.42. The number of benzene rings is 4. The first-order valence-electron chi connectivity index (χ1n) is 10.4. The van der Waals surface area contributed by atoms with Gasteiger partial charge in [0.25, 0.3) is 11.6 Å². The van der Waals surface area contributed by atoms with Gasteiger partial charge in [-0.05, 0) is 46.7 Å². The Morgan fingerprint density at radius 1 is 0.943 bits per heavy atom. The van der Waals surface area contributed by atoms with E-state index < -0.39 is 16.8 Å². The van der Waals surface area contributed by atoms with Crippen LogP contribution in [0.5, 0.6) is 5.75 Å². The van der Waals surface area contributed by atoms with Gasteiger partial charge in [-0.15, -0.1) is 0 Å². The van der Waals surface area contributed by atoms with Crippen molar-refractivity contribution >= 4 is 40.1 Å². The molecule has 0 aromatic heterocycles. The van der Waals surface area contributed by atoms with Crippen LogP contribution in [0.25, 0.3) is 16.8 Å². The molecule has 0 aliphatic rings.